The number of hydrogen-bond donors (Lipinski definition) is 1. The Labute approximate surface area is 161 Å². The van der Waals surface area contributed by atoms with Gasteiger partial charge in [-0.1, -0.05) is 36.4 Å². The van der Waals surface area contributed by atoms with Gasteiger partial charge in [-0.05, 0) is 11.6 Å². The van der Waals surface area contributed by atoms with Crippen LogP contribution in [0.2, 0.25) is 0 Å². The number of esters is 1. The molecule has 0 bridgehead atoms. The van der Waals surface area contributed by atoms with Crippen LogP contribution >= 0.6 is 0 Å². The van der Waals surface area contributed by atoms with Crippen LogP contribution in [0.25, 0.3) is 11.1 Å². The zero-order valence-corrected chi connectivity index (χ0v) is 15.2. The zero-order chi connectivity index (χ0) is 20.0. The van der Waals surface area contributed by atoms with Crippen LogP contribution in [0.5, 0.6) is 0 Å². The van der Waals surface area contributed by atoms with Gasteiger partial charge >= 0.3 is 5.97 Å². The maximum Gasteiger partial charge on any atom is 0.306 e. The smallest absolute Gasteiger partial charge is 0.306 e. The molecule has 1 saturated heterocycles. The number of ether oxygens (including phenoxy) is 3. The molecule has 0 spiro atoms. The van der Waals surface area contributed by atoms with E-state index >= 15 is 0 Å². The fourth-order valence-corrected chi connectivity index (χ4v) is 3.30. The quantitative estimate of drug-likeness (QED) is 0.421. The first-order valence-corrected chi connectivity index (χ1v) is 8.95. The van der Waals surface area contributed by atoms with Crippen molar-refractivity contribution in [3.8, 4) is 11.1 Å². The van der Waals surface area contributed by atoms with E-state index in [1.807, 2.05) is 0 Å². The minimum Gasteiger partial charge on any atom is -0.463 e. The van der Waals surface area contributed by atoms with Crippen LogP contribution < -0.4 is 0 Å². The molecule has 28 heavy (non-hydrogen) atoms. The van der Waals surface area contributed by atoms with Crippen LogP contribution in [0.15, 0.2) is 48.5 Å². The maximum absolute atomic E-state index is 11.9. The summed E-state index contributed by atoms with van der Waals surface area (Å²) < 4.78 is 16.7. The largest absolute Gasteiger partial charge is 0.463 e. The number of para-hydroxylation sites is 1. The highest BCUT2D eigenvalue weighted by Crippen LogP contribution is 2.43. The van der Waals surface area contributed by atoms with Crippen molar-refractivity contribution in [2.75, 3.05) is 26.4 Å². The van der Waals surface area contributed by atoms with Gasteiger partial charge in [0.15, 0.2) is 5.79 Å². The molecule has 0 atom stereocenters. The second-order valence-corrected chi connectivity index (χ2v) is 6.21. The van der Waals surface area contributed by atoms with Crippen molar-refractivity contribution in [1.82, 2.24) is 0 Å². The van der Waals surface area contributed by atoms with Gasteiger partial charge in [0.25, 0.3) is 5.69 Å². The Hall–Kier alpha value is -2.81. The van der Waals surface area contributed by atoms with Crippen LogP contribution in [0.4, 0.5) is 5.69 Å². The molecule has 1 aliphatic rings. The Morgan fingerprint density at radius 3 is 2.43 bits per heavy atom. The van der Waals surface area contributed by atoms with Crippen LogP contribution in [0.1, 0.15) is 18.4 Å². The Kier molecular flexibility index (Phi) is 6.35. The minimum atomic E-state index is -1.20. The summed E-state index contributed by atoms with van der Waals surface area (Å²) in [5.41, 5.74) is 1.66. The molecule has 148 valence electrons. The highest BCUT2D eigenvalue weighted by molar-refractivity contribution is 5.77. The molecule has 8 nitrogen and oxygen atoms in total. The van der Waals surface area contributed by atoms with Gasteiger partial charge in [-0.25, -0.2) is 0 Å². The first-order chi connectivity index (χ1) is 13.6. The van der Waals surface area contributed by atoms with E-state index in [2.05, 4.69) is 0 Å². The number of nitro groups is 1. The molecule has 0 saturated carbocycles. The molecular weight excluding hydrogens is 366 g/mol. The number of carbonyl (C=O) groups is 1. The number of aliphatic hydroxyl groups excluding tert-OH is 1. The highest BCUT2D eigenvalue weighted by atomic mass is 16.7. The standard InChI is InChI=1S/C20H21NO7/c22-11-12-26-19(23)9-10-20(27-13-14-28-20)17-7-3-1-5-15(17)16-6-2-4-8-18(16)21(24)25/h1-8,22H,9-14H2. The summed E-state index contributed by atoms with van der Waals surface area (Å²) in [7, 11) is 0. The lowest BCUT2D eigenvalue weighted by Gasteiger charge is -2.29. The number of aliphatic hydroxyl groups is 1. The molecule has 8 heteroatoms. The van der Waals surface area contributed by atoms with Gasteiger partial charge in [0.2, 0.25) is 0 Å². The van der Waals surface area contributed by atoms with E-state index in [1.165, 1.54) is 6.07 Å². The summed E-state index contributed by atoms with van der Waals surface area (Å²) in [5, 5.41) is 20.3. The lowest BCUT2D eigenvalue weighted by Crippen LogP contribution is -2.29. The first-order valence-electron chi connectivity index (χ1n) is 8.95. The number of carbonyl (C=O) groups excluding carboxylic acids is 1. The summed E-state index contributed by atoms with van der Waals surface area (Å²) in [5.74, 6) is -1.67. The van der Waals surface area contributed by atoms with Crippen molar-refractivity contribution in [3.05, 3.63) is 64.2 Å². The number of benzene rings is 2. The van der Waals surface area contributed by atoms with Crippen LogP contribution in [-0.4, -0.2) is 42.4 Å². The number of hydrogen-bond acceptors (Lipinski definition) is 7. The molecule has 0 radical (unpaired) electrons. The Bertz CT molecular complexity index is 846. The van der Waals surface area contributed by atoms with Gasteiger partial charge in [-0.2, -0.15) is 0 Å². The monoisotopic (exact) mass is 387 g/mol. The van der Waals surface area contributed by atoms with E-state index in [-0.39, 0.29) is 31.7 Å². The van der Waals surface area contributed by atoms with Gasteiger partial charge < -0.3 is 19.3 Å². The van der Waals surface area contributed by atoms with E-state index in [1.54, 1.807) is 42.5 Å². The van der Waals surface area contributed by atoms with E-state index in [0.29, 0.717) is 29.9 Å². The third kappa shape index (κ3) is 4.19. The molecule has 0 aromatic heterocycles. The van der Waals surface area contributed by atoms with Crippen molar-refractivity contribution < 1.29 is 29.0 Å². The molecular formula is C20H21NO7. The Morgan fingerprint density at radius 1 is 1.11 bits per heavy atom. The molecule has 0 aliphatic carbocycles. The van der Waals surface area contributed by atoms with Crippen LogP contribution in [-0.2, 0) is 24.8 Å². The molecule has 1 heterocycles. The van der Waals surface area contributed by atoms with Crippen molar-refractivity contribution in [1.29, 1.82) is 0 Å². The SMILES string of the molecule is O=C(CCC1(c2ccccc2-c2ccccc2[N+](=O)[O-])OCCO1)OCCO. The van der Waals surface area contributed by atoms with Crippen molar-refractivity contribution in [2.45, 2.75) is 18.6 Å². The van der Waals surface area contributed by atoms with Gasteiger partial charge in [-0.3, -0.25) is 14.9 Å². The summed E-state index contributed by atoms with van der Waals surface area (Å²) in [6, 6.07) is 13.6. The third-order valence-electron chi connectivity index (χ3n) is 4.49. The second kappa shape index (κ2) is 8.92. The molecule has 0 unspecified atom stereocenters. The van der Waals surface area contributed by atoms with E-state index in [9.17, 15) is 14.9 Å². The molecule has 1 fully saturated rings. The minimum absolute atomic E-state index is 0.0191. The third-order valence-corrected chi connectivity index (χ3v) is 4.49. The first kappa shape index (κ1) is 19.9. The van der Waals surface area contributed by atoms with Crippen LogP contribution in [0, 0.1) is 10.1 Å². The predicted octanol–water partition coefficient (Wildman–Crippen LogP) is 2.78. The molecule has 1 N–H and O–H groups in total. The Morgan fingerprint density at radius 2 is 1.75 bits per heavy atom. The van der Waals surface area contributed by atoms with Gasteiger partial charge in [0, 0.05) is 18.1 Å². The normalized spacial score (nSPS) is 15.3. The Balaban J connectivity index is 1.98. The fraction of sp³-hybridized carbons (Fsp3) is 0.350. The van der Waals surface area contributed by atoms with Crippen molar-refractivity contribution in [3.63, 3.8) is 0 Å². The molecule has 2 aromatic carbocycles. The van der Waals surface area contributed by atoms with Gasteiger partial charge in [0.05, 0.1) is 36.7 Å². The molecule has 0 amide bonds. The lowest BCUT2D eigenvalue weighted by atomic mass is 9.90. The van der Waals surface area contributed by atoms with E-state index in [4.69, 9.17) is 19.3 Å². The van der Waals surface area contributed by atoms with Crippen molar-refractivity contribution >= 4 is 11.7 Å². The molecule has 1 aliphatic heterocycles. The van der Waals surface area contributed by atoms with Gasteiger partial charge in [0.1, 0.15) is 6.61 Å². The zero-order valence-electron chi connectivity index (χ0n) is 15.2. The lowest BCUT2D eigenvalue weighted by molar-refractivity contribution is -0.384. The summed E-state index contributed by atoms with van der Waals surface area (Å²) >= 11 is 0. The average molecular weight is 387 g/mol. The summed E-state index contributed by atoms with van der Waals surface area (Å²) in [6.07, 6.45) is 0.208. The van der Waals surface area contributed by atoms with Crippen LogP contribution in [0.3, 0.4) is 0 Å². The topological polar surface area (TPSA) is 108 Å². The van der Waals surface area contributed by atoms with E-state index in [0.717, 1.165) is 0 Å². The van der Waals surface area contributed by atoms with Gasteiger partial charge in [-0.15, -0.1) is 0 Å². The number of nitro benzene ring substituents is 1. The van der Waals surface area contributed by atoms with E-state index < -0.39 is 16.7 Å². The number of nitrogens with zero attached hydrogens (tertiary/aromatic N) is 1. The summed E-state index contributed by atoms with van der Waals surface area (Å²) in [6.45, 7) is 0.374. The summed E-state index contributed by atoms with van der Waals surface area (Å²) in [4.78, 5) is 23.0. The van der Waals surface area contributed by atoms with Crippen molar-refractivity contribution in [2.24, 2.45) is 0 Å². The predicted molar refractivity (Wildman–Crippen MR) is 99.4 cm³/mol. The maximum atomic E-state index is 11.9. The number of rotatable bonds is 8. The molecule has 2 aromatic rings. The second-order valence-electron chi connectivity index (χ2n) is 6.21. The average Bonchev–Trinajstić information content (AvgIpc) is 3.21. The highest BCUT2D eigenvalue weighted by Gasteiger charge is 2.41. The molecule has 3 rings (SSSR count). The fourth-order valence-electron chi connectivity index (χ4n) is 3.30.